The number of anilines is 1. The fourth-order valence-electron chi connectivity index (χ4n) is 1.67. The third kappa shape index (κ3) is 3.43. The summed E-state index contributed by atoms with van der Waals surface area (Å²) in [6.07, 6.45) is 0. The number of hydrogen-bond acceptors (Lipinski definition) is 3. The van der Waals surface area contributed by atoms with Gasteiger partial charge in [-0.25, -0.2) is 4.39 Å². The predicted octanol–water partition coefficient (Wildman–Crippen LogP) is 4.52. The highest BCUT2D eigenvalue weighted by Gasteiger charge is 2.09. The monoisotopic (exact) mass is 403 g/mol. The highest BCUT2D eigenvalue weighted by Crippen LogP contribution is 2.36. The molecule has 0 unspecified atom stereocenters. The molecule has 106 valence electrons. The van der Waals surface area contributed by atoms with Gasteiger partial charge < -0.3 is 15.2 Å². The summed E-state index contributed by atoms with van der Waals surface area (Å²) in [5.41, 5.74) is 7.03. The van der Waals surface area contributed by atoms with Crippen molar-refractivity contribution in [2.24, 2.45) is 0 Å². The number of methoxy groups -OCH3 is 1. The third-order valence-electron chi connectivity index (χ3n) is 2.62. The second-order valence-electron chi connectivity index (χ2n) is 4.07. The van der Waals surface area contributed by atoms with E-state index in [1.807, 2.05) is 0 Å². The van der Waals surface area contributed by atoms with E-state index >= 15 is 0 Å². The first-order chi connectivity index (χ1) is 9.51. The van der Waals surface area contributed by atoms with Gasteiger partial charge in [0.05, 0.1) is 16.1 Å². The molecular formula is C14H12Br2FNO2. The van der Waals surface area contributed by atoms with Gasteiger partial charge in [-0.1, -0.05) is 6.07 Å². The second kappa shape index (κ2) is 6.45. The van der Waals surface area contributed by atoms with Crippen molar-refractivity contribution < 1.29 is 13.9 Å². The Hall–Kier alpha value is -1.27. The molecule has 0 radical (unpaired) electrons. The Morgan fingerprint density at radius 2 is 1.80 bits per heavy atom. The molecule has 0 atom stereocenters. The van der Waals surface area contributed by atoms with Crippen LogP contribution in [0.4, 0.5) is 10.1 Å². The SMILES string of the molecule is COc1ccc(COc2c(Br)cc(N)cc2Br)cc1F. The largest absolute Gasteiger partial charge is 0.494 e. The number of hydrogen-bond donors (Lipinski definition) is 1. The van der Waals surface area contributed by atoms with Crippen molar-refractivity contribution in [3.63, 3.8) is 0 Å². The molecule has 2 rings (SSSR count). The molecule has 0 heterocycles. The molecule has 0 aliphatic heterocycles. The summed E-state index contributed by atoms with van der Waals surface area (Å²) in [5.74, 6) is 0.419. The van der Waals surface area contributed by atoms with Crippen LogP contribution in [0.5, 0.6) is 11.5 Å². The van der Waals surface area contributed by atoms with Crippen LogP contribution < -0.4 is 15.2 Å². The Kier molecular flexibility index (Phi) is 4.88. The summed E-state index contributed by atoms with van der Waals surface area (Å²) in [7, 11) is 1.43. The molecule has 2 aromatic carbocycles. The molecule has 0 saturated heterocycles. The minimum absolute atomic E-state index is 0.212. The average molecular weight is 405 g/mol. The summed E-state index contributed by atoms with van der Waals surface area (Å²) >= 11 is 6.76. The summed E-state index contributed by atoms with van der Waals surface area (Å²) < 4.78 is 25.6. The van der Waals surface area contributed by atoms with Crippen molar-refractivity contribution in [1.82, 2.24) is 0 Å². The molecule has 0 saturated carbocycles. The Morgan fingerprint density at radius 3 is 2.35 bits per heavy atom. The van der Waals surface area contributed by atoms with Gasteiger partial charge in [0, 0.05) is 5.69 Å². The zero-order valence-corrected chi connectivity index (χ0v) is 13.8. The van der Waals surface area contributed by atoms with E-state index in [0.29, 0.717) is 17.0 Å². The van der Waals surface area contributed by atoms with E-state index in [9.17, 15) is 4.39 Å². The molecule has 0 aliphatic rings. The van der Waals surface area contributed by atoms with Crippen LogP contribution in [0, 0.1) is 5.82 Å². The Morgan fingerprint density at radius 1 is 1.15 bits per heavy atom. The molecule has 3 nitrogen and oxygen atoms in total. The maximum atomic E-state index is 13.6. The number of nitrogen functional groups attached to an aromatic ring is 1. The lowest BCUT2D eigenvalue weighted by Crippen LogP contribution is -1.99. The lowest BCUT2D eigenvalue weighted by molar-refractivity contribution is 0.301. The van der Waals surface area contributed by atoms with E-state index in [-0.39, 0.29) is 12.4 Å². The Bertz CT molecular complexity index is 612. The van der Waals surface area contributed by atoms with Gasteiger partial charge in [-0.2, -0.15) is 0 Å². The molecule has 6 heteroatoms. The van der Waals surface area contributed by atoms with Crippen molar-refractivity contribution in [3.05, 3.63) is 50.7 Å². The van der Waals surface area contributed by atoms with Gasteiger partial charge in [-0.3, -0.25) is 0 Å². The van der Waals surface area contributed by atoms with E-state index in [1.165, 1.54) is 13.2 Å². The first-order valence-electron chi connectivity index (χ1n) is 5.71. The minimum atomic E-state index is -0.413. The van der Waals surface area contributed by atoms with E-state index in [0.717, 1.165) is 8.95 Å². The van der Waals surface area contributed by atoms with Crippen molar-refractivity contribution in [2.75, 3.05) is 12.8 Å². The molecule has 0 fully saturated rings. The molecule has 0 bridgehead atoms. The number of ether oxygens (including phenoxy) is 2. The number of nitrogens with two attached hydrogens (primary N) is 1. The smallest absolute Gasteiger partial charge is 0.165 e. The molecule has 2 N–H and O–H groups in total. The first-order valence-corrected chi connectivity index (χ1v) is 7.29. The van der Waals surface area contributed by atoms with Crippen LogP contribution >= 0.6 is 31.9 Å². The highest BCUT2D eigenvalue weighted by molar-refractivity contribution is 9.11. The zero-order valence-electron chi connectivity index (χ0n) is 10.6. The van der Waals surface area contributed by atoms with Gasteiger partial charge in [0.15, 0.2) is 11.6 Å². The van der Waals surface area contributed by atoms with Crippen LogP contribution in [0.1, 0.15) is 5.56 Å². The Balaban J connectivity index is 2.15. The van der Waals surface area contributed by atoms with E-state index in [1.54, 1.807) is 24.3 Å². The van der Waals surface area contributed by atoms with Crippen LogP contribution in [-0.2, 0) is 6.61 Å². The van der Waals surface area contributed by atoms with Crippen molar-refractivity contribution in [3.8, 4) is 11.5 Å². The highest BCUT2D eigenvalue weighted by atomic mass is 79.9. The van der Waals surface area contributed by atoms with Gasteiger partial charge in [0.1, 0.15) is 12.4 Å². The minimum Gasteiger partial charge on any atom is -0.494 e. The summed E-state index contributed by atoms with van der Waals surface area (Å²) in [5, 5.41) is 0. The summed E-state index contributed by atoms with van der Waals surface area (Å²) in [4.78, 5) is 0. The fourth-order valence-corrected chi connectivity index (χ4v) is 3.12. The average Bonchev–Trinajstić information content (AvgIpc) is 2.37. The van der Waals surface area contributed by atoms with E-state index in [2.05, 4.69) is 31.9 Å². The molecule has 0 amide bonds. The Labute approximate surface area is 133 Å². The molecule has 0 aromatic heterocycles. The van der Waals surface area contributed by atoms with Gasteiger partial charge in [0.2, 0.25) is 0 Å². The van der Waals surface area contributed by atoms with Crippen LogP contribution in [-0.4, -0.2) is 7.11 Å². The van der Waals surface area contributed by atoms with Gasteiger partial charge in [-0.05, 0) is 61.7 Å². The van der Waals surface area contributed by atoms with E-state index in [4.69, 9.17) is 15.2 Å². The predicted molar refractivity (Wildman–Crippen MR) is 83.5 cm³/mol. The van der Waals surface area contributed by atoms with Gasteiger partial charge >= 0.3 is 0 Å². The normalized spacial score (nSPS) is 10.4. The van der Waals surface area contributed by atoms with Crippen molar-refractivity contribution in [1.29, 1.82) is 0 Å². The van der Waals surface area contributed by atoms with Crippen molar-refractivity contribution >= 4 is 37.5 Å². The van der Waals surface area contributed by atoms with Gasteiger partial charge in [-0.15, -0.1) is 0 Å². The third-order valence-corrected chi connectivity index (χ3v) is 3.80. The standard InChI is InChI=1S/C14H12Br2FNO2/c1-19-13-3-2-8(4-12(13)17)7-20-14-10(15)5-9(18)6-11(14)16/h2-6H,7,18H2,1H3. The number of halogens is 3. The zero-order chi connectivity index (χ0) is 14.7. The van der Waals surface area contributed by atoms with Gasteiger partial charge in [0.25, 0.3) is 0 Å². The maximum Gasteiger partial charge on any atom is 0.165 e. The summed E-state index contributed by atoms with van der Waals surface area (Å²) in [6.45, 7) is 0.238. The fraction of sp³-hybridized carbons (Fsp3) is 0.143. The van der Waals surface area contributed by atoms with E-state index < -0.39 is 5.82 Å². The summed E-state index contributed by atoms with van der Waals surface area (Å²) in [6, 6.07) is 8.20. The van der Waals surface area contributed by atoms with Crippen LogP contribution in [0.25, 0.3) is 0 Å². The van der Waals surface area contributed by atoms with Crippen LogP contribution in [0.3, 0.4) is 0 Å². The quantitative estimate of drug-likeness (QED) is 0.762. The molecule has 0 aliphatic carbocycles. The maximum absolute atomic E-state index is 13.6. The van der Waals surface area contributed by atoms with Crippen molar-refractivity contribution in [2.45, 2.75) is 6.61 Å². The molecular weight excluding hydrogens is 393 g/mol. The number of benzene rings is 2. The lowest BCUT2D eigenvalue weighted by atomic mass is 10.2. The number of rotatable bonds is 4. The topological polar surface area (TPSA) is 44.5 Å². The lowest BCUT2D eigenvalue weighted by Gasteiger charge is -2.12. The first kappa shape index (κ1) is 15.1. The molecule has 20 heavy (non-hydrogen) atoms. The second-order valence-corrected chi connectivity index (χ2v) is 5.78. The molecule has 2 aromatic rings. The van der Waals surface area contributed by atoms with Crippen LogP contribution in [0.2, 0.25) is 0 Å². The van der Waals surface area contributed by atoms with Crippen LogP contribution in [0.15, 0.2) is 39.3 Å². The molecule has 0 spiro atoms.